The van der Waals surface area contributed by atoms with Crippen molar-refractivity contribution in [3.05, 3.63) is 81.7 Å². The summed E-state index contributed by atoms with van der Waals surface area (Å²) in [5.74, 6) is -0.0621. The number of aromatic nitrogens is 3. The van der Waals surface area contributed by atoms with Crippen molar-refractivity contribution < 1.29 is 4.79 Å². The lowest BCUT2D eigenvalue weighted by molar-refractivity contribution is 0.102. The second-order valence-electron chi connectivity index (χ2n) is 10.6. The third-order valence-electron chi connectivity index (χ3n) is 7.80. The Morgan fingerprint density at radius 3 is 2.33 bits per heavy atom. The van der Waals surface area contributed by atoms with Gasteiger partial charge in [-0.15, -0.1) is 0 Å². The first-order valence-electron chi connectivity index (χ1n) is 13.7. The molecule has 6 rings (SSSR count). The molecule has 10 heteroatoms. The molecule has 1 aliphatic heterocycles. The van der Waals surface area contributed by atoms with Gasteiger partial charge in [-0.2, -0.15) is 4.98 Å². The van der Waals surface area contributed by atoms with Gasteiger partial charge in [-0.1, -0.05) is 24.4 Å². The summed E-state index contributed by atoms with van der Waals surface area (Å²) in [5.41, 5.74) is 2.89. The number of halogens is 1. The smallest absolute Gasteiger partial charge is 0.265 e. The fourth-order valence-corrected chi connectivity index (χ4v) is 5.65. The van der Waals surface area contributed by atoms with Gasteiger partial charge in [0.25, 0.3) is 11.5 Å². The van der Waals surface area contributed by atoms with E-state index in [9.17, 15) is 9.59 Å². The Morgan fingerprint density at radius 1 is 0.950 bits per heavy atom. The number of pyridine rings is 1. The third kappa shape index (κ3) is 5.52. The Balaban J connectivity index is 1.29. The summed E-state index contributed by atoms with van der Waals surface area (Å²) in [6, 6.07) is 16.6. The molecule has 1 saturated heterocycles. The van der Waals surface area contributed by atoms with Crippen LogP contribution in [-0.4, -0.2) is 58.6 Å². The Labute approximate surface area is 237 Å². The number of nitrogens with zero attached hydrogens (tertiary/aromatic N) is 5. The summed E-state index contributed by atoms with van der Waals surface area (Å²) in [6.45, 7) is 4.13. The van der Waals surface area contributed by atoms with Crippen LogP contribution >= 0.6 is 11.6 Å². The number of amides is 1. The molecule has 1 saturated carbocycles. The molecule has 206 valence electrons. The SMILES string of the molecule is CN1CCN(c2ccc(Nc3ncc4cc(C(=O)Nc5ccc(Cl)cc5)c(=O)n(C5CCCC5)c4n3)cc2)CC1. The summed E-state index contributed by atoms with van der Waals surface area (Å²) in [7, 11) is 2.15. The number of hydrogen-bond donors (Lipinski definition) is 2. The third-order valence-corrected chi connectivity index (χ3v) is 8.05. The van der Waals surface area contributed by atoms with Gasteiger partial charge in [0.15, 0.2) is 0 Å². The van der Waals surface area contributed by atoms with E-state index < -0.39 is 5.91 Å². The molecule has 2 aromatic heterocycles. The van der Waals surface area contributed by atoms with Crippen LogP contribution in [0.25, 0.3) is 11.0 Å². The predicted molar refractivity (Wildman–Crippen MR) is 160 cm³/mol. The monoisotopic (exact) mass is 557 g/mol. The number of carbonyl (C=O) groups excluding carboxylic acids is 1. The highest BCUT2D eigenvalue weighted by Gasteiger charge is 2.25. The normalized spacial score (nSPS) is 16.4. The number of anilines is 4. The molecule has 0 atom stereocenters. The van der Waals surface area contributed by atoms with Crippen molar-refractivity contribution in [3.63, 3.8) is 0 Å². The molecule has 2 fully saturated rings. The molecular weight excluding hydrogens is 526 g/mol. The van der Waals surface area contributed by atoms with Crippen LogP contribution in [0.4, 0.5) is 23.0 Å². The Kier molecular flexibility index (Phi) is 7.40. The van der Waals surface area contributed by atoms with E-state index in [2.05, 4.69) is 44.6 Å². The van der Waals surface area contributed by atoms with Gasteiger partial charge in [-0.25, -0.2) is 4.98 Å². The lowest BCUT2D eigenvalue weighted by atomic mass is 10.1. The summed E-state index contributed by atoms with van der Waals surface area (Å²) >= 11 is 5.97. The molecule has 1 amide bonds. The minimum Gasteiger partial charge on any atom is -0.369 e. The molecular formula is C30H32ClN7O2. The lowest BCUT2D eigenvalue weighted by Crippen LogP contribution is -2.44. The summed E-state index contributed by atoms with van der Waals surface area (Å²) in [5, 5.41) is 7.32. The van der Waals surface area contributed by atoms with Gasteiger partial charge in [0, 0.05) is 65.9 Å². The molecule has 4 aromatic rings. The number of likely N-dealkylation sites (N-methyl/N-ethyl adjacent to an activating group) is 1. The molecule has 0 spiro atoms. The fourth-order valence-electron chi connectivity index (χ4n) is 5.53. The first-order chi connectivity index (χ1) is 19.4. The number of piperazine rings is 1. The second-order valence-corrected chi connectivity index (χ2v) is 11.0. The highest BCUT2D eigenvalue weighted by atomic mass is 35.5. The molecule has 2 aromatic carbocycles. The quantitative estimate of drug-likeness (QED) is 0.332. The van der Waals surface area contributed by atoms with E-state index in [1.165, 1.54) is 5.69 Å². The van der Waals surface area contributed by atoms with Gasteiger partial charge >= 0.3 is 0 Å². The second kappa shape index (κ2) is 11.3. The van der Waals surface area contributed by atoms with Crippen LogP contribution in [-0.2, 0) is 0 Å². The van der Waals surface area contributed by atoms with Crippen LogP contribution in [0.3, 0.4) is 0 Å². The molecule has 3 heterocycles. The molecule has 0 bridgehead atoms. The van der Waals surface area contributed by atoms with Crippen molar-refractivity contribution in [2.75, 3.05) is 48.8 Å². The maximum absolute atomic E-state index is 13.7. The van der Waals surface area contributed by atoms with E-state index in [4.69, 9.17) is 16.6 Å². The average Bonchev–Trinajstić information content (AvgIpc) is 3.49. The Hall–Kier alpha value is -3.95. The Morgan fingerprint density at radius 2 is 1.62 bits per heavy atom. The maximum Gasteiger partial charge on any atom is 0.265 e. The van der Waals surface area contributed by atoms with Gasteiger partial charge in [0.2, 0.25) is 5.95 Å². The van der Waals surface area contributed by atoms with Crippen LogP contribution in [0, 0.1) is 0 Å². The maximum atomic E-state index is 13.7. The summed E-state index contributed by atoms with van der Waals surface area (Å²) in [4.78, 5) is 40.9. The first kappa shape index (κ1) is 26.3. The van der Waals surface area contributed by atoms with E-state index in [1.807, 2.05) is 12.1 Å². The van der Waals surface area contributed by atoms with E-state index in [-0.39, 0.29) is 17.2 Å². The first-order valence-corrected chi connectivity index (χ1v) is 14.1. The van der Waals surface area contributed by atoms with Crippen molar-refractivity contribution >= 4 is 51.6 Å². The number of carbonyl (C=O) groups is 1. The highest BCUT2D eigenvalue weighted by Crippen LogP contribution is 2.31. The zero-order chi connectivity index (χ0) is 27.6. The standard InChI is InChI=1S/C30H32ClN7O2/c1-36-14-16-37(17-15-36)24-12-10-23(11-13-24)34-30-32-19-20-18-26(28(39)33-22-8-6-21(31)7-9-22)29(40)38(27(20)35-30)25-4-2-3-5-25/h6-13,18-19,25H,2-5,14-17H2,1H3,(H,33,39)(H,32,34,35). The van der Waals surface area contributed by atoms with Gasteiger partial charge < -0.3 is 20.4 Å². The largest absolute Gasteiger partial charge is 0.369 e. The van der Waals surface area contributed by atoms with Crippen molar-refractivity contribution in [1.82, 2.24) is 19.4 Å². The molecule has 40 heavy (non-hydrogen) atoms. The van der Waals surface area contributed by atoms with E-state index in [1.54, 1.807) is 41.1 Å². The Bertz CT molecular complexity index is 1570. The van der Waals surface area contributed by atoms with Crippen molar-refractivity contribution in [3.8, 4) is 0 Å². The van der Waals surface area contributed by atoms with Crippen molar-refractivity contribution in [2.24, 2.45) is 0 Å². The highest BCUT2D eigenvalue weighted by molar-refractivity contribution is 6.30. The van der Waals surface area contributed by atoms with E-state index in [0.29, 0.717) is 27.7 Å². The predicted octanol–water partition coefficient (Wildman–Crippen LogP) is 5.31. The van der Waals surface area contributed by atoms with Crippen molar-refractivity contribution in [1.29, 1.82) is 0 Å². The van der Waals surface area contributed by atoms with Gasteiger partial charge in [-0.05, 0) is 74.5 Å². The zero-order valence-corrected chi connectivity index (χ0v) is 23.2. The summed E-state index contributed by atoms with van der Waals surface area (Å²) in [6.07, 6.45) is 5.49. The molecule has 9 nitrogen and oxygen atoms in total. The number of fused-ring (bicyclic) bond motifs is 1. The van der Waals surface area contributed by atoms with E-state index in [0.717, 1.165) is 57.5 Å². The van der Waals surface area contributed by atoms with Gasteiger partial charge in [0.05, 0.1) is 0 Å². The average molecular weight is 558 g/mol. The topological polar surface area (TPSA) is 95.4 Å². The minimum absolute atomic E-state index is 0.0103. The van der Waals surface area contributed by atoms with Gasteiger partial charge in [-0.3, -0.25) is 14.2 Å². The number of benzene rings is 2. The molecule has 1 aliphatic carbocycles. The number of nitrogens with one attached hydrogen (secondary N) is 2. The van der Waals surface area contributed by atoms with Crippen LogP contribution in [0.2, 0.25) is 5.02 Å². The zero-order valence-electron chi connectivity index (χ0n) is 22.4. The van der Waals surface area contributed by atoms with E-state index >= 15 is 0 Å². The molecule has 2 aliphatic rings. The van der Waals surface area contributed by atoms with Crippen molar-refractivity contribution in [2.45, 2.75) is 31.7 Å². The molecule has 2 N–H and O–H groups in total. The van der Waals surface area contributed by atoms with Crippen LogP contribution in [0.1, 0.15) is 42.1 Å². The van der Waals surface area contributed by atoms with Gasteiger partial charge in [0.1, 0.15) is 11.2 Å². The fraction of sp³-hybridized carbons (Fsp3) is 0.333. The molecule has 0 radical (unpaired) electrons. The van der Waals surface area contributed by atoms with Crippen LogP contribution in [0.5, 0.6) is 0 Å². The minimum atomic E-state index is -0.469. The van der Waals surface area contributed by atoms with Crippen LogP contribution in [0.15, 0.2) is 65.6 Å². The summed E-state index contributed by atoms with van der Waals surface area (Å²) < 4.78 is 1.70. The lowest BCUT2D eigenvalue weighted by Gasteiger charge is -2.34. The number of rotatable bonds is 6. The van der Waals surface area contributed by atoms with Crippen LogP contribution < -0.4 is 21.1 Å². The number of hydrogen-bond acceptors (Lipinski definition) is 7. The molecule has 0 unspecified atom stereocenters.